The van der Waals surface area contributed by atoms with Crippen molar-refractivity contribution in [1.29, 1.82) is 0 Å². The van der Waals surface area contributed by atoms with Crippen LogP contribution in [0.1, 0.15) is 0 Å². The average Bonchev–Trinajstić information content (AvgIpc) is 2.37. The topological polar surface area (TPSA) is 64.8 Å². The number of carbonyl (C=O) groups excluding carboxylic acids is 1. The monoisotopic (exact) mass is 238 g/mol. The van der Waals surface area contributed by atoms with E-state index in [0.717, 1.165) is 11.4 Å². The van der Waals surface area contributed by atoms with Crippen LogP contribution in [-0.2, 0) is 9.53 Å². The molecule has 1 aromatic carbocycles. The fraction of sp³-hybridized carbons (Fsp3) is 0.417. The van der Waals surface area contributed by atoms with Crippen LogP contribution in [-0.4, -0.2) is 39.8 Å². The molecule has 1 rings (SSSR count). The van der Waals surface area contributed by atoms with E-state index in [4.69, 9.17) is 10.5 Å². The number of anilines is 1. The number of carbonyl (C=O) groups is 1. The van der Waals surface area contributed by atoms with Crippen molar-refractivity contribution in [3.63, 3.8) is 0 Å². The zero-order valence-corrected chi connectivity index (χ0v) is 10.3. The van der Waals surface area contributed by atoms with Gasteiger partial charge in [-0.3, -0.25) is 4.79 Å². The molecule has 0 radical (unpaired) electrons. The summed E-state index contributed by atoms with van der Waals surface area (Å²) in [5.41, 5.74) is 6.58. The Morgan fingerprint density at radius 1 is 1.41 bits per heavy atom. The predicted molar refractivity (Wildman–Crippen MR) is 66.3 cm³/mol. The van der Waals surface area contributed by atoms with Gasteiger partial charge in [0.15, 0.2) is 0 Å². The first kappa shape index (κ1) is 13.3. The molecule has 5 nitrogen and oxygen atoms in total. The van der Waals surface area contributed by atoms with Crippen molar-refractivity contribution in [2.75, 3.05) is 32.7 Å². The molecular weight excluding hydrogens is 220 g/mol. The molecule has 2 N–H and O–H groups in total. The molecule has 0 aromatic heterocycles. The summed E-state index contributed by atoms with van der Waals surface area (Å²) in [6.45, 7) is 0.368. The van der Waals surface area contributed by atoms with Gasteiger partial charge in [0.1, 0.15) is 11.8 Å². The Morgan fingerprint density at radius 2 is 2.06 bits per heavy atom. The van der Waals surface area contributed by atoms with Crippen molar-refractivity contribution in [2.45, 2.75) is 6.04 Å². The molecular formula is C12H18N2O3. The summed E-state index contributed by atoms with van der Waals surface area (Å²) in [5, 5.41) is 0. The maximum absolute atomic E-state index is 11.2. The van der Waals surface area contributed by atoms with Gasteiger partial charge in [-0.05, 0) is 12.1 Å². The molecule has 0 heterocycles. The van der Waals surface area contributed by atoms with E-state index in [0.29, 0.717) is 6.54 Å². The Labute approximate surface area is 101 Å². The second-order valence-corrected chi connectivity index (χ2v) is 3.68. The Morgan fingerprint density at radius 3 is 2.65 bits per heavy atom. The molecule has 0 spiro atoms. The van der Waals surface area contributed by atoms with Gasteiger partial charge in [-0.15, -0.1) is 0 Å². The lowest BCUT2D eigenvalue weighted by Crippen LogP contribution is -2.42. The van der Waals surface area contributed by atoms with Crippen LogP contribution in [0.2, 0.25) is 0 Å². The number of likely N-dealkylation sites (N-methyl/N-ethyl adjacent to an activating group) is 1. The molecule has 1 atom stereocenters. The number of nitrogens with two attached hydrogens (primary N) is 1. The summed E-state index contributed by atoms with van der Waals surface area (Å²) in [6.07, 6.45) is 0. The maximum atomic E-state index is 11.2. The fourth-order valence-electron chi connectivity index (χ4n) is 1.56. The number of rotatable bonds is 5. The lowest BCUT2D eigenvalue weighted by Gasteiger charge is -2.23. The summed E-state index contributed by atoms with van der Waals surface area (Å²) in [6, 6.07) is 6.88. The summed E-state index contributed by atoms with van der Waals surface area (Å²) in [4.78, 5) is 13.1. The minimum absolute atomic E-state index is 0.368. The molecule has 0 fully saturated rings. The number of para-hydroxylation sites is 2. The van der Waals surface area contributed by atoms with E-state index in [1.807, 2.05) is 36.2 Å². The summed E-state index contributed by atoms with van der Waals surface area (Å²) in [7, 11) is 4.78. The van der Waals surface area contributed by atoms with Crippen LogP contribution in [0.3, 0.4) is 0 Å². The van der Waals surface area contributed by atoms with Gasteiger partial charge < -0.3 is 20.1 Å². The Balaban J connectivity index is 2.75. The second-order valence-electron chi connectivity index (χ2n) is 3.68. The van der Waals surface area contributed by atoms with Crippen LogP contribution < -0.4 is 15.4 Å². The van der Waals surface area contributed by atoms with Crippen molar-refractivity contribution >= 4 is 11.7 Å². The third kappa shape index (κ3) is 3.35. The number of methoxy groups -OCH3 is 2. The molecule has 94 valence electrons. The largest absolute Gasteiger partial charge is 0.495 e. The Kier molecular flexibility index (Phi) is 4.78. The molecule has 0 saturated heterocycles. The number of esters is 1. The minimum Gasteiger partial charge on any atom is -0.495 e. The van der Waals surface area contributed by atoms with E-state index in [-0.39, 0.29) is 0 Å². The molecule has 1 unspecified atom stereocenters. The van der Waals surface area contributed by atoms with E-state index >= 15 is 0 Å². The van der Waals surface area contributed by atoms with Crippen molar-refractivity contribution in [3.8, 4) is 5.75 Å². The number of hydrogen-bond donors (Lipinski definition) is 1. The normalized spacial score (nSPS) is 11.8. The van der Waals surface area contributed by atoms with Crippen LogP contribution in [0.15, 0.2) is 24.3 Å². The van der Waals surface area contributed by atoms with Crippen molar-refractivity contribution < 1.29 is 14.3 Å². The van der Waals surface area contributed by atoms with E-state index in [1.165, 1.54) is 7.11 Å². The van der Waals surface area contributed by atoms with Gasteiger partial charge in [-0.2, -0.15) is 0 Å². The molecule has 5 heteroatoms. The Bertz CT molecular complexity index is 382. The van der Waals surface area contributed by atoms with E-state index in [9.17, 15) is 4.79 Å². The number of ether oxygens (including phenoxy) is 2. The second kappa shape index (κ2) is 6.10. The maximum Gasteiger partial charge on any atom is 0.324 e. The van der Waals surface area contributed by atoms with E-state index < -0.39 is 12.0 Å². The SMILES string of the molecule is COC(=O)C(N)CN(C)c1ccccc1OC. The fourth-order valence-corrected chi connectivity index (χ4v) is 1.56. The standard InChI is InChI=1S/C12H18N2O3/c1-14(8-9(13)12(15)17-3)10-6-4-5-7-11(10)16-2/h4-7,9H,8,13H2,1-3H3. The number of nitrogens with zero attached hydrogens (tertiary/aromatic N) is 1. The highest BCUT2D eigenvalue weighted by atomic mass is 16.5. The van der Waals surface area contributed by atoms with Crippen LogP contribution in [0, 0.1) is 0 Å². The number of benzene rings is 1. The van der Waals surface area contributed by atoms with Crippen molar-refractivity contribution in [2.24, 2.45) is 5.73 Å². The van der Waals surface area contributed by atoms with Gasteiger partial charge in [0.05, 0.1) is 19.9 Å². The first-order valence-corrected chi connectivity index (χ1v) is 5.27. The average molecular weight is 238 g/mol. The van der Waals surface area contributed by atoms with Crippen molar-refractivity contribution in [3.05, 3.63) is 24.3 Å². The van der Waals surface area contributed by atoms with Gasteiger partial charge in [0, 0.05) is 13.6 Å². The Hall–Kier alpha value is -1.75. The molecule has 0 bridgehead atoms. The summed E-state index contributed by atoms with van der Waals surface area (Å²) >= 11 is 0. The van der Waals surface area contributed by atoms with Crippen LogP contribution in [0.5, 0.6) is 5.75 Å². The van der Waals surface area contributed by atoms with Crippen LogP contribution in [0.4, 0.5) is 5.69 Å². The summed E-state index contributed by atoms with van der Waals surface area (Å²) < 4.78 is 9.82. The van der Waals surface area contributed by atoms with Crippen LogP contribution in [0.25, 0.3) is 0 Å². The highest BCUT2D eigenvalue weighted by molar-refractivity contribution is 5.76. The van der Waals surface area contributed by atoms with Crippen LogP contribution >= 0.6 is 0 Å². The molecule has 0 saturated carbocycles. The molecule has 0 aliphatic rings. The minimum atomic E-state index is -0.671. The molecule has 1 aromatic rings. The zero-order chi connectivity index (χ0) is 12.8. The first-order valence-electron chi connectivity index (χ1n) is 5.27. The highest BCUT2D eigenvalue weighted by Gasteiger charge is 2.17. The van der Waals surface area contributed by atoms with Crippen molar-refractivity contribution in [1.82, 2.24) is 0 Å². The van der Waals surface area contributed by atoms with E-state index in [2.05, 4.69) is 4.74 Å². The van der Waals surface area contributed by atoms with E-state index in [1.54, 1.807) is 7.11 Å². The van der Waals surface area contributed by atoms with Gasteiger partial charge in [0.2, 0.25) is 0 Å². The lowest BCUT2D eigenvalue weighted by atomic mass is 10.2. The molecule has 0 aliphatic heterocycles. The van der Waals surface area contributed by atoms with Gasteiger partial charge in [-0.1, -0.05) is 12.1 Å². The molecule has 0 amide bonds. The number of hydrogen-bond acceptors (Lipinski definition) is 5. The first-order chi connectivity index (χ1) is 8.10. The molecule has 0 aliphatic carbocycles. The zero-order valence-electron chi connectivity index (χ0n) is 10.3. The lowest BCUT2D eigenvalue weighted by molar-refractivity contribution is -0.141. The van der Waals surface area contributed by atoms with Gasteiger partial charge in [-0.25, -0.2) is 0 Å². The third-order valence-corrected chi connectivity index (χ3v) is 2.47. The summed E-state index contributed by atoms with van der Waals surface area (Å²) in [5.74, 6) is 0.318. The van der Waals surface area contributed by atoms with Gasteiger partial charge >= 0.3 is 5.97 Å². The highest BCUT2D eigenvalue weighted by Crippen LogP contribution is 2.26. The molecule has 17 heavy (non-hydrogen) atoms. The quantitative estimate of drug-likeness (QED) is 0.762. The predicted octanol–water partition coefficient (Wildman–Crippen LogP) is 0.632. The third-order valence-electron chi connectivity index (χ3n) is 2.47. The smallest absolute Gasteiger partial charge is 0.324 e. The van der Waals surface area contributed by atoms with Gasteiger partial charge in [0.25, 0.3) is 0 Å².